The van der Waals surface area contributed by atoms with Gasteiger partial charge in [0.25, 0.3) is 0 Å². The summed E-state index contributed by atoms with van der Waals surface area (Å²) in [5.74, 6) is -6.71. The molecule has 0 heterocycles. The molecule has 14 nitrogen and oxygen atoms in total. The Hall–Kier alpha value is -4.04. The Morgan fingerprint density at radius 2 is 1.39 bits per heavy atom. The molecule has 10 N–H and O–H groups in total. The van der Waals surface area contributed by atoms with Gasteiger partial charge in [-0.1, -0.05) is 30.3 Å². The fourth-order valence-corrected chi connectivity index (χ4v) is 3.02. The van der Waals surface area contributed by atoms with Crippen molar-refractivity contribution in [3.05, 3.63) is 35.9 Å². The van der Waals surface area contributed by atoms with Crippen LogP contribution in [0.3, 0.4) is 0 Å². The van der Waals surface area contributed by atoms with Crippen LogP contribution in [-0.2, 0) is 35.2 Å². The predicted octanol–water partition coefficient (Wildman–Crippen LogP) is -2.78. The minimum absolute atomic E-state index is 0.0761. The highest BCUT2D eigenvalue weighted by atomic mass is 16.4. The van der Waals surface area contributed by atoms with Crippen molar-refractivity contribution >= 4 is 35.6 Å². The van der Waals surface area contributed by atoms with Crippen LogP contribution < -0.4 is 27.4 Å². The zero-order valence-electron chi connectivity index (χ0n) is 19.5. The second-order valence-electron chi connectivity index (χ2n) is 8.08. The van der Waals surface area contributed by atoms with Crippen molar-refractivity contribution in [2.24, 2.45) is 11.5 Å². The largest absolute Gasteiger partial charge is 0.481 e. The van der Waals surface area contributed by atoms with Crippen LogP contribution in [-0.4, -0.2) is 81.2 Å². The molecule has 4 amide bonds. The topological polar surface area (TPSA) is 251 Å². The summed E-state index contributed by atoms with van der Waals surface area (Å²) in [6.45, 7) is 1.22. The Morgan fingerprint density at radius 1 is 0.861 bits per heavy atom. The summed E-state index contributed by atoms with van der Waals surface area (Å²) in [5.41, 5.74) is 11.2. The number of carboxylic acid groups (broad SMARTS) is 2. The van der Waals surface area contributed by atoms with Gasteiger partial charge in [0.1, 0.15) is 24.2 Å². The van der Waals surface area contributed by atoms with Crippen molar-refractivity contribution in [3.63, 3.8) is 0 Å². The maximum Gasteiger partial charge on any atom is 0.326 e. The van der Waals surface area contributed by atoms with E-state index in [9.17, 15) is 39.0 Å². The van der Waals surface area contributed by atoms with E-state index in [1.54, 1.807) is 30.3 Å². The number of aliphatic carboxylic acids is 2. The number of carbonyl (C=O) groups is 6. The second-order valence-corrected chi connectivity index (χ2v) is 8.08. The summed E-state index contributed by atoms with van der Waals surface area (Å²) >= 11 is 0. The summed E-state index contributed by atoms with van der Waals surface area (Å²) < 4.78 is 0. The highest BCUT2D eigenvalue weighted by Gasteiger charge is 2.32. The number of amides is 4. The van der Waals surface area contributed by atoms with Gasteiger partial charge in [-0.2, -0.15) is 0 Å². The lowest BCUT2D eigenvalue weighted by Gasteiger charge is -2.25. The van der Waals surface area contributed by atoms with E-state index in [-0.39, 0.29) is 19.3 Å². The number of aliphatic hydroxyl groups is 1. The zero-order valence-corrected chi connectivity index (χ0v) is 19.5. The average Bonchev–Trinajstić information content (AvgIpc) is 2.80. The third-order valence-electron chi connectivity index (χ3n) is 5.04. The molecule has 0 saturated heterocycles. The molecule has 1 aromatic carbocycles. The van der Waals surface area contributed by atoms with E-state index in [0.717, 1.165) is 0 Å². The molecule has 0 aliphatic rings. The molecule has 5 atom stereocenters. The van der Waals surface area contributed by atoms with Gasteiger partial charge in [-0.25, -0.2) is 4.79 Å². The Balaban J connectivity index is 3.05. The van der Waals surface area contributed by atoms with Crippen LogP contribution in [0.5, 0.6) is 0 Å². The van der Waals surface area contributed by atoms with E-state index in [4.69, 9.17) is 16.6 Å². The minimum atomic E-state index is -1.69. The van der Waals surface area contributed by atoms with E-state index in [2.05, 4.69) is 16.0 Å². The summed E-state index contributed by atoms with van der Waals surface area (Å²) in [6, 6.07) is 2.40. The van der Waals surface area contributed by atoms with Crippen molar-refractivity contribution in [2.45, 2.75) is 62.9 Å². The van der Waals surface area contributed by atoms with Crippen molar-refractivity contribution in [3.8, 4) is 0 Å². The van der Waals surface area contributed by atoms with E-state index < -0.39 is 72.3 Å². The number of nitrogens with one attached hydrogen (secondary N) is 3. The van der Waals surface area contributed by atoms with Crippen molar-refractivity contribution in [1.29, 1.82) is 0 Å². The first-order valence-corrected chi connectivity index (χ1v) is 10.9. The molecule has 36 heavy (non-hydrogen) atoms. The van der Waals surface area contributed by atoms with E-state index in [1.165, 1.54) is 6.92 Å². The van der Waals surface area contributed by atoms with Crippen molar-refractivity contribution in [2.75, 3.05) is 0 Å². The number of carbonyl (C=O) groups excluding carboxylic acids is 4. The Labute approximate surface area is 206 Å². The number of carboxylic acids is 2. The molecular formula is C22H31N5O9. The summed E-state index contributed by atoms with van der Waals surface area (Å²) in [4.78, 5) is 71.9. The second kappa shape index (κ2) is 14.4. The van der Waals surface area contributed by atoms with Crippen molar-refractivity contribution < 1.29 is 44.1 Å². The fraction of sp³-hybridized carbons (Fsp3) is 0.455. The predicted molar refractivity (Wildman–Crippen MR) is 124 cm³/mol. The number of benzene rings is 1. The Kier molecular flexibility index (Phi) is 12.0. The molecule has 0 saturated carbocycles. The number of nitrogens with two attached hydrogens (primary N) is 2. The molecule has 14 heteroatoms. The Morgan fingerprint density at radius 3 is 1.89 bits per heavy atom. The molecule has 0 radical (unpaired) electrons. The molecule has 0 aliphatic carbocycles. The SMILES string of the molecule is CC(O)C(N)C(=O)NC(CC(=O)O)C(=O)NC(CCC(N)=O)C(=O)NC(Cc1ccccc1)C(=O)O. The van der Waals surface area contributed by atoms with Crippen LogP contribution in [0.1, 0.15) is 31.7 Å². The highest BCUT2D eigenvalue weighted by molar-refractivity contribution is 5.96. The van der Waals surface area contributed by atoms with Gasteiger partial charge >= 0.3 is 11.9 Å². The smallest absolute Gasteiger partial charge is 0.326 e. The van der Waals surface area contributed by atoms with Gasteiger partial charge in [-0.05, 0) is 18.9 Å². The average molecular weight is 510 g/mol. The maximum absolute atomic E-state index is 12.9. The van der Waals surface area contributed by atoms with Crippen LogP contribution in [0.25, 0.3) is 0 Å². The number of primary amides is 1. The standard InChI is InChI=1S/C22H31N5O9/c1-11(28)18(24)21(34)26-14(10-17(30)31)20(33)25-13(7-8-16(23)29)19(32)27-15(22(35)36)9-12-5-3-2-4-6-12/h2-6,11,13-15,18,28H,7-10,24H2,1H3,(H2,23,29)(H,25,33)(H,26,34)(H,27,32)(H,30,31)(H,35,36). The summed E-state index contributed by atoms with van der Waals surface area (Å²) in [5, 5.41) is 34.7. The third kappa shape index (κ3) is 10.5. The zero-order chi connectivity index (χ0) is 27.4. The monoisotopic (exact) mass is 509 g/mol. The summed E-state index contributed by atoms with van der Waals surface area (Å²) in [7, 11) is 0. The quantitative estimate of drug-likeness (QED) is 0.121. The molecule has 0 spiro atoms. The molecule has 198 valence electrons. The number of hydrogen-bond donors (Lipinski definition) is 8. The minimum Gasteiger partial charge on any atom is -0.481 e. The van der Waals surface area contributed by atoms with Crippen molar-refractivity contribution in [1.82, 2.24) is 16.0 Å². The number of aliphatic hydroxyl groups excluding tert-OH is 1. The molecule has 1 aromatic rings. The van der Waals surface area contributed by atoms with E-state index >= 15 is 0 Å². The molecule has 0 bridgehead atoms. The lowest BCUT2D eigenvalue weighted by atomic mass is 10.0. The van der Waals surface area contributed by atoms with E-state index in [0.29, 0.717) is 5.56 Å². The molecule has 0 fully saturated rings. The first-order chi connectivity index (χ1) is 16.8. The van der Waals surface area contributed by atoms with Crippen LogP contribution >= 0.6 is 0 Å². The maximum atomic E-state index is 12.9. The van der Waals surface area contributed by atoms with Crippen LogP contribution in [0.2, 0.25) is 0 Å². The molecular weight excluding hydrogens is 478 g/mol. The van der Waals surface area contributed by atoms with Gasteiger partial charge < -0.3 is 42.7 Å². The molecule has 5 unspecified atom stereocenters. The number of rotatable bonds is 15. The lowest BCUT2D eigenvalue weighted by Crippen LogP contribution is -2.58. The molecule has 0 aliphatic heterocycles. The number of hydrogen-bond acceptors (Lipinski definition) is 8. The summed E-state index contributed by atoms with van der Waals surface area (Å²) in [6.07, 6.45) is -2.96. The normalized spacial score (nSPS) is 14.9. The highest BCUT2D eigenvalue weighted by Crippen LogP contribution is 2.06. The molecule has 1 rings (SSSR count). The lowest BCUT2D eigenvalue weighted by molar-refractivity contribution is -0.143. The van der Waals surface area contributed by atoms with Crippen LogP contribution in [0.15, 0.2) is 30.3 Å². The first-order valence-electron chi connectivity index (χ1n) is 10.9. The van der Waals surface area contributed by atoms with Gasteiger partial charge in [-0.15, -0.1) is 0 Å². The van der Waals surface area contributed by atoms with Crippen LogP contribution in [0, 0.1) is 0 Å². The van der Waals surface area contributed by atoms with Gasteiger partial charge in [-0.3, -0.25) is 24.0 Å². The first kappa shape index (κ1) is 30.0. The third-order valence-corrected chi connectivity index (χ3v) is 5.04. The van der Waals surface area contributed by atoms with Gasteiger partial charge in [0.05, 0.1) is 12.5 Å². The van der Waals surface area contributed by atoms with Crippen LogP contribution in [0.4, 0.5) is 0 Å². The fourth-order valence-electron chi connectivity index (χ4n) is 3.02. The molecule has 0 aromatic heterocycles. The van der Waals surface area contributed by atoms with Gasteiger partial charge in [0.15, 0.2) is 0 Å². The van der Waals surface area contributed by atoms with Gasteiger partial charge in [0.2, 0.25) is 23.6 Å². The van der Waals surface area contributed by atoms with E-state index in [1.807, 2.05) is 0 Å². The van der Waals surface area contributed by atoms with Gasteiger partial charge in [0, 0.05) is 12.8 Å². The Bertz CT molecular complexity index is 954.